The minimum atomic E-state index is -0.333. The molecular weight excluding hydrogens is 723 g/mol. The molecule has 4 aromatic rings. The number of hydrogen-bond acceptors (Lipinski definition) is 7. The van der Waals surface area contributed by atoms with Crippen molar-refractivity contribution in [2.24, 2.45) is 20.0 Å². The van der Waals surface area contributed by atoms with E-state index in [4.69, 9.17) is 37.9 Å². The Balaban J connectivity index is 0.946. The van der Waals surface area contributed by atoms with Gasteiger partial charge in [-0.15, -0.1) is 0 Å². The van der Waals surface area contributed by atoms with Crippen LogP contribution < -0.4 is 10.6 Å². The van der Waals surface area contributed by atoms with Gasteiger partial charge in [0.25, 0.3) is 11.8 Å². The number of carbonyl (C=O) groups excluding carboxylic acids is 2. The molecule has 5 heterocycles. The molecule has 13 heteroatoms. The van der Waals surface area contributed by atoms with Gasteiger partial charge in [0.2, 0.25) is 0 Å². The Morgan fingerprint density at radius 1 is 0.759 bits per heavy atom. The van der Waals surface area contributed by atoms with E-state index in [-0.39, 0.29) is 11.8 Å². The van der Waals surface area contributed by atoms with Gasteiger partial charge in [-0.3, -0.25) is 19.4 Å². The molecule has 11 nitrogen and oxygen atoms in total. The molecule has 2 aromatic heterocycles. The van der Waals surface area contributed by atoms with Crippen molar-refractivity contribution in [3.63, 3.8) is 0 Å². The summed E-state index contributed by atoms with van der Waals surface area (Å²) in [5.41, 5.74) is 6.28. The van der Waals surface area contributed by atoms with E-state index < -0.39 is 0 Å². The largest absolute Gasteiger partial charge is 0.381 e. The highest BCUT2D eigenvalue weighted by molar-refractivity contribution is 6.40. The number of nitrogens with zero attached hydrogens (tertiary/aromatic N) is 6. The zero-order valence-corrected chi connectivity index (χ0v) is 32.8. The maximum Gasteiger partial charge on any atom is 0.291 e. The lowest BCUT2D eigenvalue weighted by Gasteiger charge is -2.36. The molecule has 0 bridgehead atoms. The molecule has 2 aromatic carbocycles. The van der Waals surface area contributed by atoms with Gasteiger partial charge in [0, 0.05) is 94.9 Å². The molecule has 1 saturated carbocycles. The molecule has 286 valence electrons. The standard InChI is InChI=1S/C41H50Cl2N8O3/c1-48-34-15-20-50(19-14-26-8-4-3-5-9-26)24-32(34)44-38(48)40(52)46-30-12-6-10-28(36(30)42)29-11-7-13-31(37(29)43)47-41(53)39-45-33-25-51(21-16-35(33)49(39)2)27-17-22-54-23-18-27/h6-7,10-13,26-27H,3-5,8-9,14-25H2,1-2H3,(H,46,52)(H,47,53). The molecule has 2 fully saturated rings. The van der Waals surface area contributed by atoms with Gasteiger partial charge in [-0.25, -0.2) is 9.97 Å². The van der Waals surface area contributed by atoms with Gasteiger partial charge in [0.15, 0.2) is 11.6 Å². The van der Waals surface area contributed by atoms with E-state index >= 15 is 0 Å². The summed E-state index contributed by atoms with van der Waals surface area (Å²) in [5, 5.41) is 6.68. The summed E-state index contributed by atoms with van der Waals surface area (Å²) < 4.78 is 9.38. The second kappa shape index (κ2) is 16.2. The summed E-state index contributed by atoms with van der Waals surface area (Å²) in [7, 11) is 3.81. The van der Waals surface area contributed by atoms with Crippen LogP contribution in [0, 0.1) is 5.92 Å². The maximum absolute atomic E-state index is 13.7. The molecule has 2 N–H and O–H groups in total. The van der Waals surface area contributed by atoms with Crippen molar-refractivity contribution >= 4 is 46.4 Å². The second-order valence-electron chi connectivity index (χ2n) is 15.4. The molecule has 2 amide bonds. The number of aromatic nitrogens is 4. The number of imidazole rings is 2. The van der Waals surface area contributed by atoms with Crippen LogP contribution in [0.25, 0.3) is 11.1 Å². The van der Waals surface area contributed by atoms with Crippen LogP contribution in [0.5, 0.6) is 0 Å². The van der Waals surface area contributed by atoms with Crippen LogP contribution in [0.15, 0.2) is 36.4 Å². The molecule has 0 unspecified atom stereocenters. The minimum Gasteiger partial charge on any atom is -0.381 e. The fraction of sp³-hybridized carbons (Fsp3) is 0.512. The van der Waals surface area contributed by atoms with Gasteiger partial charge in [-0.05, 0) is 43.9 Å². The highest BCUT2D eigenvalue weighted by Gasteiger charge is 2.31. The Hall–Kier alpha value is -3.74. The first-order chi connectivity index (χ1) is 26.2. The molecule has 0 atom stereocenters. The topological polar surface area (TPSA) is 110 Å². The first kappa shape index (κ1) is 37.2. The maximum atomic E-state index is 13.7. The van der Waals surface area contributed by atoms with Crippen LogP contribution in [0.4, 0.5) is 11.4 Å². The minimum absolute atomic E-state index is 0.319. The molecule has 8 rings (SSSR count). The first-order valence-corrected chi connectivity index (χ1v) is 20.3. The Morgan fingerprint density at radius 3 is 1.91 bits per heavy atom. The van der Waals surface area contributed by atoms with Gasteiger partial charge in [0.1, 0.15) is 0 Å². The number of rotatable bonds is 9. The van der Waals surface area contributed by atoms with Crippen LogP contribution >= 0.6 is 23.2 Å². The average molecular weight is 774 g/mol. The second-order valence-corrected chi connectivity index (χ2v) is 16.2. The van der Waals surface area contributed by atoms with Crippen molar-refractivity contribution in [2.75, 3.05) is 43.5 Å². The van der Waals surface area contributed by atoms with Gasteiger partial charge in [-0.1, -0.05) is 79.6 Å². The number of fused-ring (bicyclic) bond motifs is 2. The zero-order chi connectivity index (χ0) is 37.3. The SMILES string of the molecule is Cn1c(C(=O)Nc2cccc(-c3cccc(NC(=O)c4nc5c(n4C)CCN(C4CCOCC4)C5)c3Cl)c2Cl)nc2c1CCN(CCC1CCCCC1)C2. The third-order valence-corrected chi connectivity index (χ3v) is 12.9. The van der Waals surface area contributed by atoms with Crippen LogP contribution in [0.2, 0.25) is 10.0 Å². The van der Waals surface area contributed by atoms with Crippen LogP contribution in [0.1, 0.15) is 95.4 Å². The fourth-order valence-electron chi connectivity index (χ4n) is 8.96. The number of benzene rings is 2. The summed E-state index contributed by atoms with van der Waals surface area (Å²) in [6, 6.07) is 11.4. The summed E-state index contributed by atoms with van der Waals surface area (Å²) >= 11 is 14.0. The molecule has 0 radical (unpaired) electrons. The summed E-state index contributed by atoms with van der Waals surface area (Å²) in [6.45, 7) is 6.08. The van der Waals surface area contributed by atoms with E-state index in [9.17, 15) is 9.59 Å². The molecule has 0 spiro atoms. The lowest BCUT2D eigenvalue weighted by Crippen LogP contribution is -2.42. The van der Waals surface area contributed by atoms with Gasteiger partial charge in [-0.2, -0.15) is 0 Å². The predicted molar refractivity (Wildman–Crippen MR) is 212 cm³/mol. The number of anilines is 2. The number of nitrogens with one attached hydrogen (secondary N) is 2. The highest BCUT2D eigenvalue weighted by Crippen LogP contribution is 2.40. The highest BCUT2D eigenvalue weighted by atomic mass is 35.5. The third kappa shape index (κ3) is 7.58. The Bertz CT molecular complexity index is 2030. The molecule has 54 heavy (non-hydrogen) atoms. The molecule has 3 aliphatic heterocycles. The van der Waals surface area contributed by atoms with Crippen LogP contribution in [-0.2, 0) is 44.8 Å². The van der Waals surface area contributed by atoms with Crippen LogP contribution in [-0.4, -0.2) is 79.6 Å². The Morgan fingerprint density at radius 2 is 1.31 bits per heavy atom. The first-order valence-electron chi connectivity index (χ1n) is 19.6. The summed E-state index contributed by atoms with van der Waals surface area (Å²) in [6.07, 6.45) is 11.8. The number of halogens is 2. The van der Waals surface area contributed by atoms with Crippen molar-refractivity contribution in [2.45, 2.75) is 83.3 Å². The number of carbonyl (C=O) groups is 2. The predicted octanol–water partition coefficient (Wildman–Crippen LogP) is 7.50. The van der Waals surface area contributed by atoms with Crippen molar-refractivity contribution in [1.82, 2.24) is 28.9 Å². The van der Waals surface area contributed by atoms with E-state index in [1.807, 2.05) is 47.5 Å². The Labute approximate surface area is 327 Å². The van der Waals surface area contributed by atoms with Crippen molar-refractivity contribution < 1.29 is 14.3 Å². The number of amides is 2. The smallest absolute Gasteiger partial charge is 0.291 e. The summed E-state index contributed by atoms with van der Waals surface area (Å²) in [5.74, 6) is 0.904. The van der Waals surface area contributed by atoms with Crippen molar-refractivity contribution in [3.05, 3.63) is 80.9 Å². The lowest BCUT2D eigenvalue weighted by atomic mass is 9.87. The van der Waals surface area contributed by atoms with Crippen molar-refractivity contribution in [1.29, 1.82) is 0 Å². The third-order valence-electron chi connectivity index (χ3n) is 12.1. The van der Waals surface area contributed by atoms with E-state index in [0.717, 1.165) is 100 Å². The molecular formula is C41H50Cl2N8O3. The Kier molecular flexibility index (Phi) is 11.1. The average Bonchev–Trinajstić information content (AvgIpc) is 3.71. The van der Waals surface area contributed by atoms with E-state index in [0.29, 0.717) is 50.2 Å². The van der Waals surface area contributed by atoms with Crippen molar-refractivity contribution in [3.8, 4) is 11.1 Å². The molecule has 4 aliphatic rings. The fourth-order valence-corrected chi connectivity index (χ4v) is 9.51. The van der Waals surface area contributed by atoms with Gasteiger partial charge < -0.3 is 24.5 Å². The lowest BCUT2D eigenvalue weighted by molar-refractivity contribution is 0.0283. The quantitative estimate of drug-likeness (QED) is 0.181. The zero-order valence-electron chi connectivity index (χ0n) is 31.3. The van der Waals surface area contributed by atoms with Gasteiger partial charge in [0.05, 0.1) is 32.8 Å². The molecule has 1 saturated heterocycles. The van der Waals surface area contributed by atoms with Crippen LogP contribution in [0.3, 0.4) is 0 Å². The van der Waals surface area contributed by atoms with Gasteiger partial charge >= 0.3 is 0 Å². The van der Waals surface area contributed by atoms with E-state index in [1.165, 1.54) is 38.5 Å². The summed E-state index contributed by atoms with van der Waals surface area (Å²) in [4.78, 5) is 41.9. The number of hydrogen-bond donors (Lipinski definition) is 2. The van der Waals surface area contributed by atoms with E-state index in [1.54, 1.807) is 12.1 Å². The van der Waals surface area contributed by atoms with E-state index in [2.05, 4.69) is 20.4 Å². The molecule has 1 aliphatic carbocycles. The number of ether oxygens (including phenoxy) is 1. The normalized spacial score (nSPS) is 18.7. The monoisotopic (exact) mass is 772 g/mol.